The summed E-state index contributed by atoms with van der Waals surface area (Å²) in [5.41, 5.74) is 6.56. The third-order valence-corrected chi connectivity index (χ3v) is 9.54. The average Bonchev–Trinajstić information content (AvgIpc) is 3.29. The Morgan fingerprint density at radius 3 is 2.29 bits per heavy atom. The van der Waals surface area contributed by atoms with Crippen LogP contribution in [0.2, 0.25) is 0 Å². The van der Waals surface area contributed by atoms with Gasteiger partial charge in [-0.3, -0.25) is 14.4 Å². The quantitative estimate of drug-likeness (QED) is 0.123. The first-order chi connectivity index (χ1) is 17.8. The van der Waals surface area contributed by atoms with Crippen LogP contribution < -0.4 is 0 Å². The molecule has 212 valence electrons. The van der Waals surface area contributed by atoms with Crippen LogP contribution in [0.5, 0.6) is 0 Å². The Kier molecular flexibility index (Phi) is 8.83. The summed E-state index contributed by atoms with van der Waals surface area (Å²) in [7, 11) is 1.57. The summed E-state index contributed by atoms with van der Waals surface area (Å²) < 4.78 is 17.7. The molecule has 1 aliphatic carbocycles. The summed E-state index contributed by atoms with van der Waals surface area (Å²) in [4.78, 5) is 57.8. The van der Waals surface area contributed by atoms with Gasteiger partial charge in [0.2, 0.25) is 0 Å². The SMILES string of the molecule is CO[C@@]1(C)C[C@@H](C)C(=O)C(C)[C@H]2N(CCCCN=[N+]=[N-])C(=O)OC23C(OC(=O)C(C)C(=O)C(C)[C@H]1C)[C@@H]3C. The molecule has 3 aliphatic rings. The smallest absolute Gasteiger partial charge is 0.410 e. The van der Waals surface area contributed by atoms with Crippen LogP contribution in [0.15, 0.2) is 5.11 Å². The highest BCUT2D eigenvalue weighted by molar-refractivity contribution is 6.00. The molecule has 0 aromatic rings. The van der Waals surface area contributed by atoms with E-state index < -0.39 is 59.1 Å². The topological polar surface area (TPSA) is 148 Å². The van der Waals surface area contributed by atoms with E-state index in [1.807, 2.05) is 27.7 Å². The van der Waals surface area contributed by atoms with E-state index in [0.717, 1.165) is 0 Å². The van der Waals surface area contributed by atoms with Crippen molar-refractivity contribution in [3.8, 4) is 0 Å². The third-order valence-electron chi connectivity index (χ3n) is 9.54. The number of hydrogen-bond acceptors (Lipinski definition) is 8. The summed E-state index contributed by atoms with van der Waals surface area (Å²) in [6.07, 6.45) is 0.192. The van der Waals surface area contributed by atoms with Gasteiger partial charge in [-0.1, -0.05) is 39.7 Å². The highest BCUT2D eigenvalue weighted by atomic mass is 16.6. The van der Waals surface area contributed by atoms with Gasteiger partial charge in [0.05, 0.1) is 11.6 Å². The maximum absolute atomic E-state index is 13.9. The molecule has 0 bridgehead atoms. The van der Waals surface area contributed by atoms with Crippen LogP contribution in [0.3, 0.4) is 0 Å². The van der Waals surface area contributed by atoms with Crippen LogP contribution in [0, 0.1) is 35.5 Å². The van der Waals surface area contributed by atoms with Gasteiger partial charge in [0.15, 0.2) is 11.7 Å². The molecule has 2 aliphatic heterocycles. The molecule has 0 N–H and O–H groups in total. The number of esters is 1. The zero-order chi connectivity index (χ0) is 28.6. The van der Waals surface area contributed by atoms with Gasteiger partial charge in [-0.15, -0.1) is 0 Å². The Morgan fingerprint density at radius 2 is 1.68 bits per heavy atom. The van der Waals surface area contributed by atoms with E-state index in [-0.39, 0.29) is 23.4 Å². The lowest BCUT2D eigenvalue weighted by atomic mass is 9.71. The van der Waals surface area contributed by atoms with Gasteiger partial charge < -0.3 is 19.1 Å². The second-order valence-electron chi connectivity index (χ2n) is 11.7. The van der Waals surface area contributed by atoms with Crippen molar-refractivity contribution >= 4 is 23.6 Å². The number of ether oxygens (including phenoxy) is 3. The van der Waals surface area contributed by atoms with E-state index in [2.05, 4.69) is 10.0 Å². The van der Waals surface area contributed by atoms with Crippen LogP contribution in [0.4, 0.5) is 4.79 Å². The van der Waals surface area contributed by atoms with Crippen molar-refractivity contribution in [2.75, 3.05) is 20.2 Å². The molecular weight excluding hydrogens is 492 g/mol. The Morgan fingerprint density at radius 1 is 1.03 bits per heavy atom. The Hall–Kier alpha value is -2.65. The summed E-state index contributed by atoms with van der Waals surface area (Å²) in [6.45, 7) is 13.2. The first-order valence-electron chi connectivity index (χ1n) is 13.6. The zero-order valence-electron chi connectivity index (χ0n) is 23.8. The predicted molar refractivity (Wildman–Crippen MR) is 138 cm³/mol. The normalized spacial score (nSPS) is 41.8. The van der Waals surface area contributed by atoms with Gasteiger partial charge in [-0.2, -0.15) is 0 Å². The molecule has 1 saturated carbocycles. The number of carbonyl (C=O) groups is 4. The first-order valence-corrected chi connectivity index (χ1v) is 13.6. The summed E-state index contributed by atoms with van der Waals surface area (Å²) in [5.74, 6) is -4.09. The maximum Gasteiger partial charge on any atom is 0.410 e. The fourth-order valence-electron chi connectivity index (χ4n) is 6.61. The van der Waals surface area contributed by atoms with Gasteiger partial charge >= 0.3 is 12.1 Å². The minimum absolute atomic E-state index is 0.0455. The number of ketones is 2. The lowest BCUT2D eigenvalue weighted by Crippen LogP contribution is -2.50. The number of nitrogens with zero attached hydrogens (tertiary/aromatic N) is 4. The molecular formula is C27H42N4O7. The van der Waals surface area contributed by atoms with Gasteiger partial charge in [0, 0.05) is 48.8 Å². The van der Waals surface area contributed by atoms with E-state index in [1.54, 1.807) is 32.8 Å². The van der Waals surface area contributed by atoms with Crippen molar-refractivity contribution in [2.45, 2.75) is 91.1 Å². The monoisotopic (exact) mass is 534 g/mol. The number of azide groups is 1. The van der Waals surface area contributed by atoms with Crippen LogP contribution in [-0.2, 0) is 28.6 Å². The molecule has 0 radical (unpaired) electrons. The standard InChI is InChI=1S/C27H42N4O7/c1-14-13-26(7,36-8)18(5)15(2)21(33)17(4)24(34)37-23-19(6)27(23)22(16(3)20(14)32)31(25(35)38-27)12-10-9-11-29-30-28/h14-19,22-23H,9-13H2,1-8H3/t14-,15?,16?,17?,18-,19+,22-,23?,26+,27?/m1/s1. The Bertz CT molecular complexity index is 1010. The van der Waals surface area contributed by atoms with E-state index >= 15 is 0 Å². The second kappa shape index (κ2) is 11.2. The molecule has 10 atom stereocenters. The molecule has 5 unspecified atom stereocenters. The van der Waals surface area contributed by atoms with Crippen molar-refractivity contribution in [2.24, 2.45) is 40.6 Å². The van der Waals surface area contributed by atoms with E-state index in [1.165, 1.54) is 0 Å². The molecule has 3 fully saturated rings. The molecule has 0 aromatic carbocycles. The molecule has 2 saturated heterocycles. The number of amides is 1. The third kappa shape index (κ3) is 5.02. The predicted octanol–water partition coefficient (Wildman–Crippen LogP) is 4.33. The number of unbranched alkanes of at least 4 members (excludes halogenated alkanes) is 1. The minimum atomic E-state index is -1.16. The van der Waals surface area contributed by atoms with Gasteiger partial charge in [-0.25, -0.2) is 4.79 Å². The number of methoxy groups -OCH3 is 1. The van der Waals surface area contributed by atoms with Crippen LogP contribution in [0.1, 0.15) is 67.7 Å². The van der Waals surface area contributed by atoms with Crippen molar-refractivity contribution in [3.63, 3.8) is 0 Å². The van der Waals surface area contributed by atoms with Crippen LogP contribution >= 0.6 is 0 Å². The highest BCUT2D eigenvalue weighted by Gasteiger charge is 2.78. The number of hydrogen-bond donors (Lipinski definition) is 0. The van der Waals surface area contributed by atoms with Gasteiger partial charge in [-0.05, 0) is 44.6 Å². The summed E-state index contributed by atoms with van der Waals surface area (Å²) in [6, 6.07) is -0.642. The second-order valence-corrected chi connectivity index (χ2v) is 11.7. The van der Waals surface area contributed by atoms with Gasteiger partial charge in [0.25, 0.3) is 0 Å². The number of carbonyl (C=O) groups excluding carboxylic acids is 4. The van der Waals surface area contributed by atoms with E-state index in [0.29, 0.717) is 32.4 Å². The van der Waals surface area contributed by atoms with Crippen LogP contribution in [-0.4, -0.2) is 72.1 Å². The Balaban J connectivity index is 2.01. The molecule has 11 heteroatoms. The lowest BCUT2D eigenvalue weighted by molar-refractivity contribution is -0.158. The fourth-order valence-corrected chi connectivity index (χ4v) is 6.61. The molecule has 0 aromatic heterocycles. The van der Waals surface area contributed by atoms with Gasteiger partial charge in [0.1, 0.15) is 17.5 Å². The van der Waals surface area contributed by atoms with Crippen molar-refractivity contribution in [3.05, 3.63) is 10.4 Å². The van der Waals surface area contributed by atoms with Crippen molar-refractivity contribution in [1.29, 1.82) is 0 Å². The lowest BCUT2D eigenvalue weighted by Gasteiger charge is -2.40. The molecule has 2 heterocycles. The molecule has 1 amide bonds. The Labute approximate surface area is 224 Å². The molecule has 1 spiro atoms. The average molecular weight is 535 g/mol. The largest absolute Gasteiger partial charge is 0.457 e. The molecule has 38 heavy (non-hydrogen) atoms. The zero-order valence-corrected chi connectivity index (χ0v) is 23.8. The molecule has 3 rings (SSSR count). The van der Waals surface area contributed by atoms with E-state index in [9.17, 15) is 19.2 Å². The fraction of sp³-hybridized carbons (Fsp3) is 0.852. The van der Waals surface area contributed by atoms with E-state index in [4.69, 9.17) is 19.7 Å². The summed E-state index contributed by atoms with van der Waals surface area (Å²) >= 11 is 0. The summed E-state index contributed by atoms with van der Waals surface area (Å²) in [5, 5.41) is 3.54. The first kappa shape index (κ1) is 29.9. The minimum Gasteiger partial charge on any atom is -0.457 e. The molecule has 11 nitrogen and oxygen atoms in total. The van der Waals surface area contributed by atoms with Crippen LogP contribution in [0.25, 0.3) is 10.4 Å². The maximum atomic E-state index is 13.9. The number of rotatable bonds is 6. The number of Topliss-reactive ketones (excluding diaryl/α,β-unsaturated/α-hetero) is 2. The highest BCUT2D eigenvalue weighted by Crippen LogP contribution is 2.58. The van der Waals surface area contributed by atoms with Crippen molar-refractivity contribution < 1.29 is 33.4 Å². The van der Waals surface area contributed by atoms with Crippen molar-refractivity contribution in [1.82, 2.24) is 4.90 Å².